The maximum Gasteiger partial charge on any atom is 0.326 e. The van der Waals surface area contributed by atoms with E-state index < -0.39 is 29.4 Å². The van der Waals surface area contributed by atoms with Gasteiger partial charge in [0.15, 0.2) is 0 Å². The van der Waals surface area contributed by atoms with Gasteiger partial charge in [0.25, 0.3) is 0 Å². The lowest BCUT2D eigenvalue weighted by molar-refractivity contribution is -0.154. The Balaban J connectivity index is 1.57. The summed E-state index contributed by atoms with van der Waals surface area (Å²) in [6.07, 6.45) is 6.23. The fourth-order valence-electron chi connectivity index (χ4n) is 7.30. The van der Waals surface area contributed by atoms with Gasteiger partial charge in [-0.15, -0.1) is 0 Å². The van der Waals surface area contributed by atoms with Crippen LogP contribution in [0.25, 0.3) is 11.3 Å². The number of hydrogen-bond donors (Lipinski definition) is 2. The molecule has 4 atom stereocenters. The molecule has 2 aliphatic rings. The van der Waals surface area contributed by atoms with Crippen molar-refractivity contribution in [1.82, 2.24) is 15.2 Å². The highest BCUT2D eigenvalue weighted by Crippen LogP contribution is 2.49. The Bertz CT molecular complexity index is 1480. The Morgan fingerprint density at radius 2 is 1.77 bits per heavy atom. The zero-order valence-corrected chi connectivity index (χ0v) is 26.3. The van der Waals surface area contributed by atoms with E-state index in [4.69, 9.17) is 4.74 Å². The van der Waals surface area contributed by atoms with E-state index in [0.29, 0.717) is 23.6 Å². The second-order valence-electron chi connectivity index (χ2n) is 13.4. The fourth-order valence-corrected chi connectivity index (χ4v) is 7.30. The molecule has 2 N–H and O–H groups in total. The van der Waals surface area contributed by atoms with Crippen LogP contribution < -0.4 is 10.1 Å². The minimum Gasteiger partial charge on any atom is -0.495 e. The van der Waals surface area contributed by atoms with Crippen LogP contribution in [0, 0.1) is 30.0 Å². The Labute approximate surface area is 259 Å². The number of carbonyl (C=O) groups excluding carboxylic acids is 1. The molecule has 8 heteroatoms. The van der Waals surface area contributed by atoms with Crippen molar-refractivity contribution in [2.24, 2.45) is 17.3 Å². The average molecular weight is 602 g/mol. The van der Waals surface area contributed by atoms with Gasteiger partial charge in [-0.05, 0) is 54.5 Å². The molecule has 2 aromatic carbocycles. The number of benzene rings is 2. The number of likely N-dealkylation sites (tertiary alicyclic amines) is 1. The van der Waals surface area contributed by atoms with Crippen molar-refractivity contribution >= 4 is 11.9 Å². The van der Waals surface area contributed by atoms with E-state index in [1.807, 2.05) is 70.2 Å². The van der Waals surface area contributed by atoms with E-state index in [1.54, 1.807) is 24.3 Å². The number of pyridine rings is 1. The van der Waals surface area contributed by atoms with Gasteiger partial charge < -0.3 is 20.1 Å². The number of carboxylic acid groups (broad SMARTS) is 1. The lowest BCUT2D eigenvalue weighted by Gasteiger charge is -2.36. The zero-order valence-electron chi connectivity index (χ0n) is 26.3. The predicted molar refractivity (Wildman–Crippen MR) is 169 cm³/mol. The van der Waals surface area contributed by atoms with Gasteiger partial charge >= 0.3 is 5.97 Å². The summed E-state index contributed by atoms with van der Waals surface area (Å²) in [5.41, 5.74) is 2.91. The fraction of sp³-hybridized carbons (Fsp3) is 0.472. The smallest absolute Gasteiger partial charge is 0.326 e. The van der Waals surface area contributed by atoms with E-state index in [9.17, 15) is 19.1 Å². The largest absolute Gasteiger partial charge is 0.495 e. The summed E-state index contributed by atoms with van der Waals surface area (Å²) in [4.78, 5) is 33.6. The molecule has 3 aromatic rings. The van der Waals surface area contributed by atoms with Gasteiger partial charge in [0.05, 0.1) is 25.0 Å². The minimum atomic E-state index is -0.997. The normalized spacial score (nSPS) is 22.6. The quantitative estimate of drug-likeness (QED) is 0.291. The molecular weight excluding hydrogens is 557 g/mol. The highest BCUT2D eigenvalue weighted by molar-refractivity contribution is 5.87. The monoisotopic (exact) mass is 601 g/mol. The van der Waals surface area contributed by atoms with Gasteiger partial charge in [0.2, 0.25) is 5.91 Å². The van der Waals surface area contributed by atoms with E-state index in [1.165, 1.54) is 6.07 Å². The number of rotatable bonds is 8. The molecule has 234 valence electrons. The maximum absolute atomic E-state index is 14.9. The summed E-state index contributed by atoms with van der Waals surface area (Å²) < 4.78 is 20.6. The number of aliphatic carboxylic acids is 1. The van der Waals surface area contributed by atoms with E-state index in [0.717, 1.165) is 48.8 Å². The summed E-state index contributed by atoms with van der Waals surface area (Å²) >= 11 is 0. The number of nitrogens with zero attached hydrogens (tertiary/aromatic N) is 2. The Morgan fingerprint density at radius 3 is 2.39 bits per heavy atom. The molecule has 44 heavy (non-hydrogen) atoms. The lowest BCUT2D eigenvalue weighted by atomic mass is 9.72. The van der Waals surface area contributed by atoms with Crippen molar-refractivity contribution in [1.29, 1.82) is 0 Å². The minimum absolute atomic E-state index is 0.0665. The van der Waals surface area contributed by atoms with Gasteiger partial charge in [0, 0.05) is 35.5 Å². The first kappa shape index (κ1) is 31.6. The first-order valence-electron chi connectivity index (χ1n) is 15.6. The van der Waals surface area contributed by atoms with Crippen LogP contribution in [-0.4, -0.2) is 46.1 Å². The summed E-state index contributed by atoms with van der Waals surface area (Å²) in [6, 6.07) is 14.8. The number of carbonyl (C=O) groups is 2. The third-order valence-electron chi connectivity index (χ3n) is 9.37. The molecule has 2 heterocycles. The molecule has 1 saturated heterocycles. The van der Waals surface area contributed by atoms with Crippen molar-refractivity contribution in [3.8, 4) is 17.0 Å². The van der Waals surface area contributed by atoms with Crippen molar-refractivity contribution in [2.75, 3.05) is 7.11 Å². The number of aromatic nitrogens is 1. The number of carboxylic acids is 1. The molecule has 1 aliphatic carbocycles. The van der Waals surface area contributed by atoms with Crippen LogP contribution in [0.2, 0.25) is 0 Å². The van der Waals surface area contributed by atoms with Crippen molar-refractivity contribution < 1.29 is 23.8 Å². The van der Waals surface area contributed by atoms with Crippen LogP contribution >= 0.6 is 0 Å². The molecule has 1 aromatic heterocycles. The van der Waals surface area contributed by atoms with Crippen molar-refractivity contribution in [3.05, 3.63) is 83.3 Å². The van der Waals surface area contributed by atoms with Crippen LogP contribution in [0.3, 0.4) is 0 Å². The molecule has 0 radical (unpaired) electrons. The summed E-state index contributed by atoms with van der Waals surface area (Å²) in [5, 5.41) is 14.4. The standard InChI is InChI=1S/C36H44FN3O4/c1-22-16-17-26(27(37)18-22)28-19-25(29(44-5)21-38-28)20-39-31-30(36(2,3)4)33(35(42)43)40(32(31)23-12-8-6-9-13-23)34(41)24-14-10-7-11-15-24/h6,8-9,12-13,16-19,21,24,30-33,39H,7,10-11,14-15,20H2,1-5H3,(H,42,43)/t30-,31-,32-,33-/m0/s1. The summed E-state index contributed by atoms with van der Waals surface area (Å²) in [7, 11) is 1.57. The Hall–Kier alpha value is -3.78. The first-order valence-corrected chi connectivity index (χ1v) is 15.6. The maximum atomic E-state index is 14.9. The van der Waals surface area contributed by atoms with Gasteiger partial charge in [0.1, 0.15) is 17.6 Å². The van der Waals surface area contributed by atoms with Crippen LogP contribution in [0.15, 0.2) is 60.8 Å². The van der Waals surface area contributed by atoms with Gasteiger partial charge in [-0.2, -0.15) is 0 Å². The predicted octanol–water partition coefficient (Wildman–Crippen LogP) is 6.94. The molecule has 7 nitrogen and oxygen atoms in total. The van der Waals surface area contributed by atoms with Crippen molar-refractivity contribution in [2.45, 2.75) is 84.5 Å². The summed E-state index contributed by atoms with van der Waals surface area (Å²) in [6.45, 7) is 8.29. The van der Waals surface area contributed by atoms with Gasteiger partial charge in [-0.1, -0.05) is 76.4 Å². The molecule has 5 rings (SSSR count). The zero-order chi connectivity index (χ0) is 31.6. The van der Waals surface area contributed by atoms with E-state index in [2.05, 4.69) is 10.3 Å². The second-order valence-corrected chi connectivity index (χ2v) is 13.4. The SMILES string of the molecule is COc1cnc(-c2ccc(C)cc2F)cc1CN[C@H]1[C@H](C(C)(C)C)[C@@H](C(=O)O)N(C(=O)C2CCCCC2)[C@H]1c1ccccc1. The van der Waals surface area contributed by atoms with Crippen LogP contribution in [0.1, 0.15) is 75.6 Å². The summed E-state index contributed by atoms with van der Waals surface area (Å²) in [5.74, 6) is -1.44. The highest BCUT2D eigenvalue weighted by Gasteiger charge is 2.58. The highest BCUT2D eigenvalue weighted by atomic mass is 19.1. The number of methoxy groups -OCH3 is 1. The number of aryl methyl sites for hydroxylation is 1. The molecule has 1 amide bonds. The second kappa shape index (κ2) is 13.1. The van der Waals surface area contributed by atoms with E-state index >= 15 is 0 Å². The first-order chi connectivity index (χ1) is 21.0. The number of nitrogens with one attached hydrogen (secondary N) is 1. The van der Waals surface area contributed by atoms with E-state index in [-0.39, 0.29) is 23.7 Å². The lowest BCUT2D eigenvalue weighted by Crippen LogP contribution is -2.49. The molecule has 0 spiro atoms. The number of halogens is 1. The topological polar surface area (TPSA) is 91.8 Å². The number of amides is 1. The molecular formula is C36H44FN3O4. The number of hydrogen-bond acceptors (Lipinski definition) is 5. The number of ether oxygens (including phenoxy) is 1. The van der Waals surface area contributed by atoms with Crippen molar-refractivity contribution in [3.63, 3.8) is 0 Å². The molecule has 1 aliphatic heterocycles. The average Bonchev–Trinajstić information content (AvgIpc) is 3.36. The van der Waals surface area contributed by atoms with Crippen LogP contribution in [0.4, 0.5) is 4.39 Å². The third-order valence-corrected chi connectivity index (χ3v) is 9.37. The van der Waals surface area contributed by atoms with Gasteiger partial charge in [-0.25, -0.2) is 9.18 Å². The third kappa shape index (κ3) is 6.36. The van der Waals surface area contributed by atoms with Crippen LogP contribution in [0.5, 0.6) is 5.75 Å². The molecule has 2 fully saturated rings. The molecule has 0 bridgehead atoms. The van der Waals surface area contributed by atoms with Gasteiger partial charge in [-0.3, -0.25) is 9.78 Å². The van der Waals surface area contributed by atoms with Crippen LogP contribution in [-0.2, 0) is 16.1 Å². The Kier molecular flexibility index (Phi) is 9.39. The Morgan fingerprint density at radius 1 is 1.07 bits per heavy atom. The molecule has 0 unspecified atom stereocenters. The molecule has 1 saturated carbocycles.